The van der Waals surface area contributed by atoms with E-state index < -0.39 is 0 Å². The molecule has 0 amide bonds. The van der Waals surface area contributed by atoms with Gasteiger partial charge in [-0.3, -0.25) is 0 Å². The lowest BCUT2D eigenvalue weighted by Gasteiger charge is -1.80. The number of benzene rings is 1. The molecule has 0 aliphatic carbocycles. The van der Waals surface area contributed by atoms with Gasteiger partial charge in [0.25, 0.3) is 0 Å². The number of fused-ring (bicyclic) bond motifs is 1. The summed E-state index contributed by atoms with van der Waals surface area (Å²) in [5, 5.41) is 7.64. The zero-order chi connectivity index (χ0) is 9.64. The van der Waals surface area contributed by atoms with Gasteiger partial charge in [-0.05, 0) is 17.6 Å². The van der Waals surface area contributed by atoms with Crippen LogP contribution in [0.4, 0.5) is 0 Å². The van der Waals surface area contributed by atoms with Crippen LogP contribution in [0.2, 0.25) is 0 Å². The van der Waals surface area contributed by atoms with Gasteiger partial charge in [-0.1, -0.05) is 18.2 Å². The minimum absolute atomic E-state index is 1.24. The van der Waals surface area contributed by atoms with E-state index in [9.17, 15) is 0 Å². The third kappa shape index (κ3) is 2.14. The van der Waals surface area contributed by atoms with Crippen molar-refractivity contribution in [2.75, 3.05) is 0 Å². The van der Waals surface area contributed by atoms with Crippen molar-refractivity contribution in [2.45, 2.75) is 0 Å². The Hall–Kier alpha value is -1.75. The topological polar surface area (TPSA) is 51.8 Å². The molecule has 70 valence electrons. The van der Waals surface area contributed by atoms with Crippen molar-refractivity contribution < 1.29 is 4.52 Å². The Morgan fingerprint density at radius 3 is 2.79 bits per heavy atom. The van der Waals surface area contributed by atoms with Crippen LogP contribution in [0.3, 0.4) is 0 Å². The van der Waals surface area contributed by atoms with E-state index in [1.165, 1.54) is 34.1 Å². The quantitative estimate of drug-likeness (QED) is 0.565. The van der Waals surface area contributed by atoms with Crippen LogP contribution in [0.1, 0.15) is 0 Å². The summed E-state index contributed by atoms with van der Waals surface area (Å²) in [5.74, 6) is 0. The highest BCUT2D eigenvalue weighted by Crippen LogP contribution is 2.15. The van der Waals surface area contributed by atoms with Gasteiger partial charge in [-0.25, -0.2) is 0 Å². The second-order valence-corrected chi connectivity index (χ2v) is 3.28. The first-order chi connectivity index (χ1) is 6.97. The van der Waals surface area contributed by atoms with Crippen molar-refractivity contribution >= 4 is 21.6 Å². The lowest BCUT2D eigenvalue weighted by Crippen LogP contribution is -1.56. The SMILES string of the molecule is c1ccc2sncc2c1.c1conn1. The van der Waals surface area contributed by atoms with Crippen LogP contribution >= 0.6 is 11.5 Å². The van der Waals surface area contributed by atoms with E-state index in [4.69, 9.17) is 0 Å². The highest BCUT2D eigenvalue weighted by atomic mass is 32.1. The zero-order valence-corrected chi connectivity index (χ0v) is 8.02. The summed E-state index contributed by atoms with van der Waals surface area (Å²) in [5.41, 5.74) is 0. The molecule has 0 spiro atoms. The predicted octanol–water partition coefficient (Wildman–Crippen LogP) is 2.37. The molecule has 4 nitrogen and oxygen atoms in total. The van der Waals surface area contributed by atoms with Crippen LogP contribution in [-0.4, -0.2) is 14.7 Å². The monoisotopic (exact) mass is 205 g/mol. The van der Waals surface area contributed by atoms with Gasteiger partial charge >= 0.3 is 0 Å². The molecule has 2 aromatic heterocycles. The lowest BCUT2D eigenvalue weighted by molar-refractivity contribution is 0.393. The molecule has 0 aliphatic heterocycles. The largest absolute Gasteiger partial charge is 0.346 e. The number of rotatable bonds is 0. The van der Waals surface area contributed by atoms with Crippen molar-refractivity contribution in [3.05, 3.63) is 42.9 Å². The second-order valence-electron chi connectivity index (χ2n) is 2.45. The molecule has 3 rings (SSSR count). The molecule has 0 saturated heterocycles. The van der Waals surface area contributed by atoms with Crippen molar-refractivity contribution in [1.82, 2.24) is 14.7 Å². The van der Waals surface area contributed by atoms with E-state index in [-0.39, 0.29) is 0 Å². The highest BCUT2D eigenvalue weighted by Gasteiger charge is 1.89. The van der Waals surface area contributed by atoms with Crippen LogP contribution in [0, 0.1) is 0 Å². The molecular formula is C9H7N3OS. The first-order valence-corrected chi connectivity index (χ1v) is 4.74. The summed E-state index contributed by atoms with van der Waals surface area (Å²) < 4.78 is 9.53. The van der Waals surface area contributed by atoms with Gasteiger partial charge in [-0.2, -0.15) is 4.37 Å². The summed E-state index contributed by atoms with van der Waals surface area (Å²) in [6.45, 7) is 0. The molecule has 3 aromatic rings. The Bertz CT molecular complexity index is 430. The van der Waals surface area contributed by atoms with Crippen LogP contribution in [0.25, 0.3) is 10.1 Å². The smallest absolute Gasteiger partial charge is 0.144 e. The van der Waals surface area contributed by atoms with Gasteiger partial charge < -0.3 is 4.52 Å². The van der Waals surface area contributed by atoms with E-state index in [1.807, 2.05) is 18.3 Å². The van der Waals surface area contributed by atoms with E-state index >= 15 is 0 Å². The molecule has 0 fully saturated rings. The van der Waals surface area contributed by atoms with Crippen LogP contribution < -0.4 is 0 Å². The summed E-state index contributed by atoms with van der Waals surface area (Å²) in [4.78, 5) is 0. The molecule has 0 bridgehead atoms. The number of hydrogen-bond acceptors (Lipinski definition) is 5. The molecule has 1 aromatic carbocycles. The van der Waals surface area contributed by atoms with Crippen molar-refractivity contribution in [2.24, 2.45) is 0 Å². The Balaban J connectivity index is 0.000000128. The number of aromatic nitrogens is 3. The molecule has 0 radical (unpaired) electrons. The minimum atomic E-state index is 1.24. The fourth-order valence-electron chi connectivity index (χ4n) is 0.946. The predicted molar refractivity (Wildman–Crippen MR) is 53.9 cm³/mol. The fraction of sp³-hybridized carbons (Fsp3) is 0. The summed E-state index contributed by atoms with van der Waals surface area (Å²) in [7, 11) is 0. The van der Waals surface area contributed by atoms with E-state index in [1.54, 1.807) is 0 Å². The molecule has 0 unspecified atom stereocenters. The number of nitrogens with zero attached hydrogens (tertiary/aromatic N) is 3. The zero-order valence-electron chi connectivity index (χ0n) is 7.20. The molecule has 2 heterocycles. The summed E-state index contributed by atoms with van der Waals surface area (Å²) in [6.07, 6.45) is 4.76. The maximum absolute atomic E-state index is 4.22. The first kappa shape index (κ1) is 8.83. The fourth-order valence-corrected chi connectivity index (χ4v) is 1.59. The van der Waals surface area contributed by atoms with Crippen molar-refractivity contribution in [1.29, 1.82) is 0 Å². The first-order valence-electron chi connectivity index (χ1n) is 3.97. The standard InChI is InChI=1S/C7H5NS.C2H2N2O/c1-2-4-7-6(3-1)5-8-9-7;1-2-5-4-3-1/h1-5H;1-2H. The van der Waals surface area contributed by atoms with Crippen LogP contribution in [0.5, 0.6) is 0 Å². The maximum Gasteiger partial charge on any atom is 0.144 e. The van der Waals surface area contributed by atoms with Crippen molar-refractivity contribution in [3.8, 4) is 0 Å². The van der Waals surface area contributed by atoms with Gasteiger partial charge in [-0.15, -0.1) is 5.10 Å². The van der Waals surface area contributed by atoms with Crippen LogP contribution in [0.15, 0.2) is 47.4 Å². The Kier molecular flexibility index (Phi) is 2.82. The lowest BCUT2D eigenvalue weighted by atomic mass is 10.3. The molecule has 5 heteroatoms. The van der Waals surface area contributed by atoms with E-state index in [2.05, 4.69) is 31.4 Å². The van der Waals surface area contributed by atoms with Gasteiger partial charge in [0.15, 0.2) is 0 Å². The van der Waals surface area contributed by atoms with Crippen molar-refractivity contribution in [3.63, 3.8) is 0 Å². The Labute approximate surface area is 84.3 Å². The van der Waals surface area contributed by atoms with Gasteiger partial charge in [0.2, 0.25) is 0 Å². The Morgan fingerprint density at radius 2 is 2.14 bits per heavy atom. The molecule has 0 aliphatic rings. The molecule has 14 heavy (non-hydrogen) atoms. The molecule has 0 saturated carbocycles. The number of hydrogen-bond donors (Lipinski definition) is 0. The normalized spacial score (nSPS) is 9.43. The minimum Gasteiger partial charge on any atom is -0.346 e. The van der Waals surface area contributed by atoms with Gasteiger partial charge in [0.05, 0.1) is 10.9 Å². The van der Waals surface area contributed by atoms with E-state index in [0.29, 0.717) is 0 Å². The Morgan fingerprint density at radius 1 is 1.21 bits per heavy atom. The summed E-state index contributed by atoms with van der Waals surface area (Å²) >= 11 is 1.54. The average Bonchev–Trinajstić information content (AvgIpc) is 2.92. The summed E-state index contributed by atoms with van der Waals surface area (Å²) in [6, 6.07) is 8.20. The third-order valence-electron chi connectivity index (χ3n) is 1.54. The maximum atomic E-state index is 4.22. The van der Waals surface area contributed by atoms with E-state index in [0.717, 1.165) is 0 Å². The molecular weight excluding hydrogens is 198 g/mol. The molecule has 0 N–H and O–H groups in total. The third-order valence-corrected chi connectivity index (χ3v) is 2.32. The molecule has 0 atom stereocenters. The average molecular weight is 205 g/mol. The van der Waals surface area contributed by atoms with Crippen LogP contribution in [-0.2, 0) is 0 Å². The van der Waals surface area contributed by atoms with Gasteiger partial charge in [0.1, 0.15) is 6.26 Å². The second kappa shape index (κ2) is 4.48. The van der Waals surface area contributed by atoms with Gasteiger partial charge in [0, 0.05) is 16.9 Å². The highest BCUT2D eigenvalue weighted by molar-refractivity contribution is 7.13.